The van der Waals surface area contributed by atoms with Crippen LogP contribution in [0.2, 0.25) is 5.28 Å². The van der Waals surface area contributed by atoms with E-state index < -0.39 is 0 Å². The molecule has 0 heterocycles. The van der Waals surface area contributed by atoms with Crippen molar-refractivity contribution in [1.29, 1.82) is 0 Å². The zero-order chi connectivity index (χ0) is 4.12. The minimum Gasteiger partial charge on any atom is -0.386 e. The third-order valence-corrected chi connectivity index (χ3v) is 0.558. The van der Waals surface area contributed by atoms with Crippen LogP contribution in [0.25, 0.3) is 0 Å². The van der Waals surface area contributed by atoms with Gasteiger partial charge in [-0.15, -0.1) is 0 Å². The van der Waals surface area contributed by atoms with E-state index in [0.29, 0.717) is 0 Å². The smallest absolute Gasteiger partial charge is 0.121 e. The molecule has 0 aliphatic carbocycles. The Bertz CT molecular complexity index is 14.4. The van der Waals surface area contributed by atoms with Gasteiger partial charge in [0.1, 0.15) is 16.3 Å². The summed E-state index contributed by atoms with van der Waals surface area (Å²) in [7, 11) is 1.70. The summed E-state index contributed by atoms with van der Waals surface area (Å²) >= 11 is 2.57. The average Bonchev–Trinajstić information content (AvgIpc) is 1.41. The lowest BCUT2D eigenvalue weighted by Gasteiger charge is -1.85. The van der Waals surface area contributed by atoms with Crippen molar-refractivity contribution in [3.8, 4) is 0 Å². The summed E-state index contributed by atoms with van der Waals surface area (Å²) in [6.45, 7) is 0.852. The number of ether oxygens (including phenoxy) is 1. The van der Waals surface area contributed by atoms with E-state index >= 15 is 0 Å². The third kappa shape index (κ3) is 4.49. The Hall–Kier alpha value is 0.492. The normalized spacial score (nSPS) is 8.20. The first-order valence-electron chi connectivity index (χ1n) is 1.61. The van der Waals surface area contributed by atoms with E-state index in [0.717, 1.165) is 11.9 Å². The second kappa shape index (κ2) is 4.49. The number of rotatable bonds is 2. The molecule has 2 radical (unpaired) electrons. The van der Waals surface area contributed by atoms with E-state index in [-0.39, 0.29) is 0 Å². The lowest BCUT2D eigenvalue weighted by Crippen LogP contribution is -1.82. The van der Waals surface area contributed by atoms with Gasteiger partial charge in [-0.1, -0.05) is 5.28 Å². The van der Waals surface area contributed by atoms with E-state index in [4.69, 9.17) is 0 Å². The predicted molar refractivity (Wildman–Crippen MR) is 22.4 cm³/mol. The topological polar surface area (TPSA) is 9.23 Å². The van der Waals surface area contributed by atoms with Gasteiger partial charge in [-0.3, -0.25) is 0 Å². The van der Waals surface area contributed by atoms with Crippen LogP contribution in [0.4, 0.5) is 0 Å². The van der Waals surface area contributed by atoms with Crippen molar-refractivity contribution in [2.75, 3.05) is 13.7 Å². The van der Waals surface area contributed by atoms with E-state index in [9.17, 15) is 0 Å². The molecule has 2 heteroatoms. The molecule has 0 aliphatic heterocycles. The van der Waals surface area contributed by atoms with Crippen LogP contribution in [0.15, 0.2) is 0 Å². The van der Waals surface area contributed by atoms with E-state index in [1.807, 2.05) is 0 Å². The largest absolute Gasteiger partial charge is 0.386 e. The Morgan fingerprint density at radius 1 is 1.80 bits per heavy atom. The average molecular weight is 86.1 g/mol. The van der Waals surface area contributed by atoms with Gasteiger partial charge in [0.05, 0.1) is 0 Å². The molecular formula is C3H7AlO. The summed E-state index contributed by atoms with van der Waals surface area (Å²) in [6, 6.07) is 0. The second-order valence-electron chi connectivity index (χ2n) is 0.781. The van der Waals surface area contributed by atoms with Crippen molar-refractivity contribution in [2.45, 2.75) is 5.28 Å². The van der Waals surface area contributed by atoms with Gasteiger partial charge >= 0.3 is 0 Å². The van der Waals surface area contributed by atoms with Gasteiger partial charge in [0.2, 0.25) is 0 Å². The highest BCUT2D eigenvalue weighted by Gasteiger charge is 1.65. The molecule has 0 saturated carbocycles. The Balaban J connectivity index is 2.19. The summed E-state index contributed by atoms with van der Waals surface area (Å²) in [5.74, 6) is 0. The molecule has 0 amide bonds. The van der Waals surface area contributed by atoms with Crippen molar-refractivity contribution < 1.29 is 4.74 Å². The maximum atomic E-state index is 4.67. The van der Waals surface area contributed by atoms with Crippen molar-refractivity contribution in [3.05, 3.63) is 0 Å². The lowest BCUT2D eigenvalue weighted by atomic mass is 10.9. The molecule has 0 saturated heterocycles. The maximum absolute atomic E-state index is 4.67. The van der Waals surface area contributed by atoms with E-state index in [1.165, 1.54) is 0 Å². The van der Waals surface area contributed by atoms with Crippen molar-refractivity contribution >= 4 is 16.3 Å². The molecule has 0 bridgehead atoms. The van der Waals surface area contributed by atoms with Crippen LogP contribution in [-0.2, 0) is 4.74 Å². The quantitative estimate of drug-likeness (QED) is 0.437. The first-order chi connectivity index (χ1) is 2.41. The fourth-order valence-corrected chi connectivity index (χ4v) is 0.354. The predicted octanol–water partition coefficient (Wildman–Crippen LogP) is 0.220. The third-order valence-electron chi connectivity index (χ3n) is 0.322. The van der Waals surface area contributed by atoms with Gasteiger partial charge in [0.15, 0.2) is 0 Å². The van der Waals surface area contributed by atoms with Gasteiger partial charge in [-0.05, 0) is 0 Å². The molecule has 0 N–H and O–H groups in total. The highest BCUT2D eigenvalue weighted by molar-refractivity contribution is 6.08. The molecule has 28 valence electrons. The van der Waals surface area contributed by atoms with Crippen molar-refractivity contribution in [3.63, 3.8) is 0 Å². The monoisotopic (exact) mass is 86.0 g/mol. The summed E-state index contributed by atoms with van der Waals surface area (Å²) in [5.41, 5.74) is 0. The second-order valence-corrected chi connectivity index (χ2v) is 1.36. The molecule has 0 aromatic rings. The summed E-state index contributed by atoms with van der Waals surface area (Å²) in [4.78, 5) is 0. The molecule has 0 fully saturated rings. The minimum atomic E-state index is 0.852. The molecular weight excluding hydrogens is 79.0 g/mol. The van der Waals surface area contributed by atoms with Crippen LogP contribution in [0, 0.1) is 0 Å². The van der Waals surface area contributed by atoms with Crippen LogP contribution >= 0.6 is 0 Å². The molecule has 0 rings (SSSR count). The highest BCUT2D eigenvalue weighted by atomic mass is 27.0. The maximum Gasteiger partial charge on any atom is 0.121 e. The van der Waals surface area contributed by atoms with Crippen LogP contribution in [-0.4, -0.2) is 30.0 Å². The van der Waals surface area contributed by atoms with Crippen molar-refractivity contribution in [2.24, 2.45) is 0 Å². The van der Waals surface area contributed by atoms with Gasteiger partial charge in [-0.25, -0.2) is 0 Å². The first kappa shape index (κ1) is 5.49. The summed E-state index contributed by atoms with van der Waals surface area (Å²) < 4.78 is 4.67. The summed E-state index contributed by atoms with van der Waals surface area (Å²) in [5, 5.41) is 1.04. The Kier molecular flexibility index (Phi) is 4.93. The van der Waals surface area contributed by atoms with Gasteiger partial charge < -0.3 is 4.74 Å². The van der Waals surface area contributed by atoms with Crippen molar-refractivity contribution in [1.82, 2.24) is 0 Å². The molecule has 0 aromatic carbocycles. The van der Waals surface area contributed by atoms with Crippen LogP contribution in [0.1, 0.15) is 0 Å². The Labute approximate surface area is 40.7 Å². The SMILES string of the molecule is COC[CH2][Al]. The number of methoxy groups -OCH3 is 1. The standard InChI is InChI=1S/C3H7O.Al/c1-3-4-2;/h1,3H2,2H3;. The van der Waals surface area contributed by atoms with Gasteiger partial charge in [0, 0.05) is 13.7 Å². The molecule has 0 unspecified atom stereocenters. The van der Waals surface area contributed by atoms with Crippen LogP contribution < -0.4 is 0 Å². The zero-order valence-electron chi connectivity index (χ0n) is 3.40. The fourth-order valence-electron chi connectivity index (χ4n) is 0.118. The number of hydrogen-bond acceptors (Lipinski definition) is 1. The Morgan fingerprint density at radius 3 is 2.40 bits per heavy atom. The summed E-state index contributed by atoms with van der Waals surface area (Å²) in [6.07, 6.45) is 0. The molecule has 0 atom stereocenters. The van der Waals surface area contributed by atoms with Crippen LogP contribution in [0.5, 0.6) is 0 Å². The van der Waals surface area contributed by atoms with Crippen LogP contribution in [0.3, 0.4) is 0 Å². The fraction of sp³-hybridized carbons (Fsp3) is 1.00. The van der Waals surface area contributed by atoms with Gasteiger partial charge in [-0.2, -0.15) is 0 Å². The highest BCUT2D eigenvalue weighted by Crippen LogP contribution is 1.67. The molecule has 0 aliphatic rings. The van der Waals surface area contributed by atoms with Gasteiger partial charge in [0.25, 0.3) is 0 Å². The number of hydrogen-bond donors (Lipinski definition) is 0. The molecule has 1 nitrogen and oxygen atoms in total. The zero-order valence-corrected chi connectivity index (χ0v) is 4.55. The molecule has 0 spiro atoms. The first-order valence-corrected chi connectivity index (χ1v) is 2.42. The minimum absolute atomic E-state index is 0.852. The Morgan fingerprint density at radius 2 is 2.40 bits per heavy atom. The lowest BCUT2D eigenvalue weighted by molar-refractivity contribution is 0.216. The van der Waals surface area contributed by atoms with E-state index in [2.05, 4.69) is 21.0 Å². The van der Waals surface area contributed by atoms with E-state index in [1.54, 1.807) is 7.11 Å². The molecule has 5 heavy (non-hydrogen) atoms. The molecule has 0 aromatic heterocycles.